The number of benzene rings is 1. The van der Waals surface area contributed by atoms with E-state index in [1.165, 1.54) is 6.07 Å². The molecular weight excluding hydrogens is 246 g/mol. The van der Waals surface area contributed by atoms with Crippen molar-refractivity contribution in [2.24, 2.45) is 7.05 Å². The fraction of sp³-hybridized carbons (Fsp3) is 0.250. The lowest BCUT2D eigenvalue weighted by Crippen LogP contribution is -2.15. The van der Waals surface area contributed by atoms with Gasteiger partial charge in [0.25, 0.3) is 0 Å². The van der Waals surface area contributed by atoms with Crippen LogP contribution >= 0.6 is 0 Å². The number of anilines is 2. The maximum absolute atomic E-state index is 11.2. The van der Waals surface area contributed by atoms with Gasteiger partial charge in [-0.15, -0.1) is 10.2 Å². The van der Waals surface area contributed by atoms with Crippen molar-refractivity contribution in [3.05, 3.63) is 35.9 Å². The molecule has 0 radical (unpaired) electrons. The third-order valence-electron chi connectivity index (χ3n) is 2.82. The van der Waals surface area contributed by atoms with Crippen molar-refractivity contribution in [3.8, 4) is 0 Å². The van der Waals surface area contributed by atoms with Crippen LogP contribution in [0.2, 0.25) is 0 Å². The molecule has 4 N–H and O–H groups in total. The first-order chi connectivity index (χ1) is 9.00. The minimum Gasteiger partial charge on any atom is -0.478 e. The van der Waals surface area contributed by atoms with Crippen LogP contribution in [0.3, 0.4) is 0 Å². The molecule has 7 heteroatoms. The first-order valence-electron chi connectivity index (χ1n) is 5.73. The highest BCUT2D eigenvalue weighted by molar-refractivity contribution is 5.97. The summed E-state index contributed by atoms with van der Waals surface area (Å²) in [5.41, 5.74) is 6.74. The van der Waals surface area contributed by atoms with E-state index in [1.54, 1.807) is 23.0 Å². The average Bonchev–Trinajstić information content (AvgIpc) is 2.77. The second kappa shape index (κ2) is 4.97. The molecule has 1 unspecified atom stereocenters. The van der Waals surface area contributed by atoms with Gasteiger partial charge in [0.2, 0.25) is 0 Å². The molecule has 0 spiro atoms. The summed E-state index contributed by atoms with van der Waals surface area (Å²) < 4.78 is 1.76. The molecule has 19 heavy (non-hydrogen) atoms. The van der Waals surface area contributed by atoms with Crippen LogP contribution in [0.4, 0.5) is 11.4 Å². The maximum Gasteiger partial charge on any atom is 0.337 e. The largest absolute Gasteiger partial charge is 0.478 e. The van der Waals surface area contributed by atoms with Gasteiger partial charge in [-0.05, 0) is 19.1 Å². The molecule has 0 aliphatic heterocycles. The molecule has 1 heterocycles. The normalized spacial score (nSPS) is 12.1. The van der Waals surface area contributed by atoms with E-state index >= 15 is 0 Å². The third-order valence-corrected chi connectivity index (χ3v) is 2.82. The molecule has 0 aliphatic carbocycles. The van der Waals surface area contributed by atoms with Crippen LogP contribution in [0.1, 0.15) is 29.1 Å². The highest BCUT2D eigenvalue weighted by atomic mass is 16.4. The number of nitrogen functional groups attached to an aromatic ring is 1. The van der Waals surface area contributed by atoms with E-state index in [0.29, 0.717) is 17.2 Å². The van der Waals surface area contributed by atoms with Crippen LogP contribution in [0.5, 0.6) is 0 Å². The number of rotatable bonds is 4. The number of nitrogens with one attached hydrogen (secondary N) is 1. The monoisotopic (exact) mass is 261 g/mol. The molecule has 0 saturated heterocycles. The van der Waals surface area contributed by atoms with Crippen LogP contribution in [0, 0.1) is 0 Å². The first kappa shape index (κ1) is 12.9. The summed E-state index contributed by atoms with van der Waals surface area (Å²) in [4.78, 5) is 11.2. The van der Waals surface area contributed by atoms with E-state index in [2.05, 4.69) is 15.5 Å². The second-order valence-corrected chi connectivity index (χ2v) is 4.24. The topological polar surface area (TPSA) is 106 Å². The van der Waals surface area contributed by atoms with Gasteiger partial charge in [-0.3, -0.25) is 0 Å². The summed E-state index contributed by atoms with van der Waals surface area (Å²) in [6, 6.07) is 4.55. The number of aromatic nitrogens is 3. The minimum atomic E-state index is -1.03. The molecule has 2 aromatic rings. The van der Waals surface area contributed by atoms with E-state index in [4.69, 9.17) is 10.8 Å². The van der Waals surface area contributed by atoms with E-state index in [9.17, 15) is 4.79 Å². The Kier molecular flexibility index (Phi) is 3.37. The Morgan fingerprint density at radius 2 is 2.26 bits per heavy atom. The molecule has 0 bridgehead atoms. The highest BCUT2D eigenvalue weighted by Crippen LogP contribution is 2.27. The van der Waals surface area contributed by atoms with Gasteiger partial charge >= 0.3 is 5.97 Å². The standard InChI is InChI=1S/C12H15N5O2/c1-7(11-16-14-6-17(11)2)15-10-8(12(18)19)4-3-5-9(10)13/h3-7,15H,13H2,1-2H3,(H,18,19). The summed E-state index contributed by atoms with van der Waals surface area (Å²) in [6.07, 6.45) is 1.58. The van der Waals surface area contributed by atoms with Gasteiger partial charge in [-0.1, -0.05) is 6.07 Å². The Labute approximate surface area is 110 Å². The summed E-state index contributed by atoms with van der Waals surface area (Å²) in [7, 11) is 1.82. The lowest BCUT2D eigenvalue weighted by Gasteiger charge is -2.17. The number of hydrogen-bond acceptors (Lipinski definition) is 5. The van der Waals surface area contributed by atoms with Crippen molar-refractivity contribution >= 4 is 17.3 Å². The van der Waals surface area contributed by atoms with Crippen LogP contribution in [-0.4, -0.2) is 25.8 Å². The zero-order chi connectivity index (χ0) is 14.0. The summed E-state index contributed by atoms with van der Waals surface area (Å²) in [6.45, 7) is 1.86. The van der Waals surface area contributed by atoms with Gasteiger partial charge in [0.1, 0.15) is 6.33 Å². The second-order valence-electron chi connectivity index (χ2n) is 4.24. The molecule has 0 fully saturated rings. The molecular formula is C12H15N5O2. The number of nitrogens with two attached hydrogens (primary N) is 1. The van der Waals surface area contributed by atoms with Crippen LogP contribution in [0.15, 0.2) is 24.5 Å². The van der Waals surface area contributed by atoms with Crippen molar-refractivity contribution in [2.75, 3.05) is 11.1 Å². The molecule has 100 valence electrons. The Morgan fingerprint density at radius 1 is 1.53 bits per heavy atom. The van der Waals surface area contributed by atoms with Gasteiger partial charge in [0.15, 0.2) is 5.82 Å². The van der Waals surface area contributed by atoms with Gasteiger partial charge in [0, 0.05) is 7.05 Å². The van der Waals surface area contributed by atoms with Crippen LogP contribution < -0.4 is 11.1 Å². The average molecular weight is 261 g/mol. The number of para-hydroxylation sites is 1. The molecule has 0 aliphatic rings. The summed E-state index contributed by atoms with van der Waals surface area (Å²) in [5, 5.41) is 20.0. The Morgan fingerprint density at radius 3 is 2.84 bits per heavy atom. The molecule has 7 nitrogen and oxygen atoms in total. The number of carboxylic acids is 1. The number of aryl methyl sites for hydroxylation is 1. The summed E-state index contributed by atoms with van der Waals surface area (Å²) in [5.74, 6) is -0.334. The van der Waals surface area contributed by atoms with Crippen molar-refractivity contribution in [1.29, 1.82) is 0 Å². The maximum atomic E-state index is 11.2. The molecule has 2 rings (SSSR count). The van der Waals surface area contributed by atoms with Gasteiger partial charge < -0.3 is 20.7 Å². The Hall–Kier alpha value is -2.57. The van der Waals surface area contributed by atoms with Crippen molar-refractivity contribution in [1.82, 2.24) is 14.8 Å². The van der Waals surface area contributed by atoms with E-state index < -0.39 is 5.97 Å². The lowest BCUT2D eigenvalue weighted by molar-refractivity contribution is 0.0698. The SMILES string of the molecule is CC(Nc1c(N)cccc1C(=O)O)c1nncn1C. The molecule has 1 atom stereocenters. The fourth-order valence-corrected chi connectivity index (χ4v) is 1.87. The van der Waals surface area contributed by atoms with Crippen LogP contribution in [0.25, 0.3) is 0 Å². The number of aromatic carboxylic acids is 1. The van der Waals surface area contributed by atoms with Crippen LogP contribution in [-0.2, 0) is 7.05 Å². The predicted octanol–water partition coefficient (Wildman–Crippen LogP) is 1.27. The van der Waals surface area contributed by atoms with Gasteiger partial charge in [-0.2, -0.15) is 0 Å². The van der Waals surface area contributed by atoms with Crippen molar-refractivity contribution in [3.63, 3.8) is 0 Å². The summed E-state index contributed by atoms with van der Waals surface area (Å²) >= 11 is 0. The predicted molar refractivity (Wildman–Crippen MR) is 70.9 cm³/mol. The lowest BCUT2D eigenvalue weighted by atomic mass is 10.1. The molecule has 0 amide bonds. The number of carbonyl (C=O) groups is 1. The Balaban J connectivity index is 2.33. The van der Waals surface area contributed by atoms with Crippen molar-refractivity contribution < 1.29 is 9.90 Å². The smallest absolute Gasteiger partial charge is 0.337 e. The first-order valence-corrected chi connectivity index (χ1v) is 5.73. The quantitative estimate of drug-likeness (QED) is 0.715. The molecule has 0 saturated carbocycles. The number of carboxylic acid groups (broad SMARTS) is 1. The number of hydrogen-bond donors (Lipinski definition) is 3. The zero-order valence-corrected chi connectivity index (χ0v) is 10.7. The van der Waals surface area contributed by atoms with E-state index in [1.807, 2.05) is 14.0 Å². The van der Waals surface area contributed by atoms with E-state index in [0.717, 1.165) is 0 Å². The minimum absolute atomic E-state index is 0.133. The molecule has 1 aromatic heterocycles. The van der Waals surface area contributed by atoms with Crippen molar-refractivity contribution in [2.45, 2.75) is 13.0 Å². The number of nitrogens with zero attached hydrogens (tertiary/aromatic N) is 3. The molecule has 1 aromatic carbocycles. The Bertz CT molecular complexity index is 608. The third kappa shape index (κ3) is 2.49. The van der Waals surface area contributed by atoms with E-state index in [-0.39, 0.29) is 11.6 Å². The van der Waals surface area contributed by atoms with Gasteiger partial charge in [-0.25, -0.2) is 4.79 Å². The highest BCUT2D eigenvalue weighted by Gasteiger charge is 2.17. The fourth-order valence-electron chi connectivity index (χ4n) is 1.87. The van der Waals surface area contributed by atoms with Gasteiger partial charge in [0.05, 0.1) is 23.0 Å². The zero-order valence-electron chi connectivity index (χ0n) is 10.7.